The first-order valence-electron chi connectivity index (χ1n) is 5.70. The highest BCUT2D eigenvalue weighted by Crippen LogP contribution is 2.31. The van der Waals surface area contributed by atoms with Crippen LogP contribution in [0.1, 0.15) is 21.5 Å². The molecule has 0 radical (unpaired) electrons. The average Bonchev–Trinajstić information content (AvgIpc) is 2.30. The molecule has 0 bridgehead atoms. The molecule has 2 rings (SSSR count). The Morgan fingerprint density at radius 1 is 1.11 bits per heavy atom. The van der Waals surface area contributed by atoms with E-state index in [0.717, 1.165) is 16.7 Å². The van der Waals surface area contributed by atoms with E-state index < -0.39 is 5.97 Å². The largest absolute Gasteiger partial charge is 0.478 e. The number of nitrogens with two attached hydrogens (primary N) is 1. The molecule has 0 fully saturated rings. The molecule has 0 aliphatic carbocycles. The summed E-state index contributed by atoms with van der Waals surface area (Å²) in [4.78, 5) is 11.1. The summed E-state index contributed by atoms with van der Waals surface area (Å²) in [6.45, 7) is 4.02. The van der Waals surface area contributed by atoms with Gasteiger partial charge in [0.2, 0.25) is 0 Å². The Kier molecular flexibility index (Phi) is 3.06. The molecule has 0 heterocycles. The number of carboxylic acid groups (broad SMARTS) is 1. The molecule has 0 aromatic heterocycles. The molecular weight excluding hydrogens is 226 g/mol. The van der Waals surface area contributed by atoms with Crippen LogP contribution in [-0.2, 0) is 0 Å². The number of aryl methyl sites for hydroxylation is 2. The molecule has 2 aromatic carbocycles. The lowest BCUT2D eigenvalue weighted by molar-refractivity contribution is 0.0698. The highest BCUT2D eigenvalue weighted by molar-refractivity contribution is 5.98. The van der Waals surface area contributed by atoms with E-state index in [1.54, 1.807) is 6.07 Å². The van der Waals surface area contributed by atoms with E-state index in [0.29, 0.717) is 5.69 Å². The number of carboxylic acids is 1. The van der Waals surface area contributed by atoms with Crippen LogP contribution >= 0.6 is 0 Å². The lowest BCUT2D eigenvalue weighted by Gasteiger charge is -2.11. The van der Waals surface area contributed by atoms with Crippen LogP contribution in [0.5, 0.6) is 0 Å². The van der Waals surface area contributed by atoms with Crippen molar-refractivity contribution in [1.82, 2.24) is 0 Å². The van der Waals surface area contributed by atoms with Gasteiger partial charge in [-0.3, -0.25) is 0 Å². The minimum atomic E-state index is -1.00. The summed E-state index contributed by atoms with van der Waals surface area (Å²) in [7, 11) is 0. The van der Waals surface area contributed by atoms with Crippen LogP contribution in [0.4, 0.5) is 5.69 Å². The molecular formula is C15H15NO2. The number of aromatic carboxylic acids is 1. The molecule has 0 saturated heterocycles. The number of nitrogen functional groups attached to an aromatic ring is 1. The van der Waals surface area contributed by atoms with Gasteiger partial charge in [-0.1, -0.05) is 35.9 Å². The predicted molar refractivity (Wildman–Crippen MR) is 72.7 cm³/mol. The number of anilines is 1. The molecule has 0 amide bonds. The lowest BCUT2D eigenvalue weighted by Crippen LogP contribution is -2.04. The normalized spacial score (nSPS) is 10.3. The number of benzene rings is 2. The smallest absolute Gasteiger partial charge is 0.337 e. The molecule has 0 unspecified atom stereocenters. The van der Waals surface area contributed by atoms with Crippen molar-refractivity contribution in [3.63, 3.8) is 0 Å². The minimum absolute atomic E-state index is 0.146. The van der Waals surface area contributed by atoms with Crippen LogP contribution in [-0.4, -0.2) is 11.1 Å². The summed E-state index contributed by atoms with van der Waals surface area (Å²) < 4.78 is 0. The summed E-state index contributed by atoms with van der Waals surface area (Å²) in [5.41, 5.74) is 10.4. The van der Waals surface area contributed by atoms with Crippen molar-refractivity contribution >= 4 is 11.7 Å². The Morgan fingerprint density at radius 3 is 2.44 bits per heavy atom. The summed E-state index contributed by atoms with van der Waals surface area (Å²) in [6.07, 6.45) is 0. The molecule has 3 N–H and O–H groups in total. The van der Waals surface area contributed by atoms with Crippen LogP contribution in [0.2, 0.25) is 0 Å². The third-order valence-electron chi connectivity index (χ3n) is 3.01. The van der Waals surface area contributed by atoms with Gasteiger partial charge < -0.3 is 10.8 Å². The summed E-state index contributed by atoms with van der Waals surface area (Å²) in [5.74, 6) is -1.00. The van der Waals surface area contributed by atoms with Crippen molar-refractivity contribution in [2.45, 2.75) is 13.8 Å². The second-order valence-electron chi connectivity index (χ2n) is 4.39. The molecule has 0 spiro atoms. The van der Waals surface area contributed by atoms with Gasteiger partial charge >= 0.3 is 5.97 Å². The molecule has 2 aromatic rings. The van der Waals surface area contributed by atoms with Gasteiger partial charge in [0.25, 0.3) is 0 Å². The van der Waals surface area contributed by atoms with Crippen molar-refractivity contribution in [2.75, 3.05) is 5.73 Å². The maximum absolute atomic E-state index is 11.1. The van der Waals surface area contributed by atoms with E-state index in [4.69, 9.17) is 10.8 Å². The number of hydrogen-bond donors (Lipinski definition) is 2. The standard InChI is InChI=1S/C15H15NO2/c1-9-6-7-11(10(2)8-9)12-4-3-5-13(14(12)16)15(17)18/h3-8H,16H2,1-2H3,(H,17,18). The zero-order valence-electron chi connectivity index (χ0n) is 10.4. The maximum Gasteiger partial charge on any atom is 0.337 e. The fourth-order valence-corrected chi connectivity index (χ4v) is 2.10. The predicted octanol–water partition coefficient (Wildman–Crippen LogP) is 3.25. The van der Waals surface area contributed by atoms with Crippen molar-refractivity contribution in [3.8, 4) is 11.1 Å². The molecule has 3 nitrogen and oxygen atoms in total. The van der Waals surface area contributed by atoms with Crippen molar-refractivity contribution in [1.29, 1.82) is 0 Å². The topological polar surface area (TPSA) is 63.3 Å². The van der Waals surface area contributed by atoms with Gasteiger partial charge in [-0.25, -0.2) is 4.79 Å². The first-order valence-corrected chi connectivity index (χ1v) is 5.70. The SMILES string of the molecule is Cc1ccc(-c2cccc(C(=O)O)c2N)c(C)c1. The minimum Gasteiger partial charge on any atom is -0.478 e. The van der Waals surface area contributed by atoms with Crippen LogP contribution in [0, 0.1) is 13.8 Å². The van der Waals surface area contributed by atoms with Gasteiger partial charge in [-0.05, 0) is 31.0 Å². The van der Waals surface area contributed by atoms with Gasteiger partial charge in [-0.15, -0.1) is 0 Å². The number of para-hydroxylation sites is 1. The molecule has 92 valence electrons. The molecule has 0 atom stereocenters. The van der Waals surface area contributed by atoms with E-state index in [2.05, 4.69) is 6.07 Å². The van der Waals surface area contributed by atoms with E-state index in [1.807, 2.05) is 32.0 Å². The third-order valence-corrected chi connectivity index (χ3v) is 3.01. The van der Waals surface area contributed by atoms with Gasteiger partial charge in [0.15, 0.2) is 0 Å². The highest BCUT2D eigenvalue weighted by Gasteiger charge is 2.13. The van der Waals surface area contributed by atoms with Gasteiger partial charge in [0.05, 0.1) is 11.3 Å². The van der Waals surface area contributed by atoms with Gasteiger partial charge in [0.1, 0.15) is 0 Å². The number of carbonyl (C=O) groups is 1. The molecule has 0 aliphatic rings. The fraction of sp³-hybridized carbons (Fsp3) is 0.133. The van der Waals surface area contributed by atoms with Crippen LogP contribution in [0.15, 0.2) is 36.4 Å². The zero-order chi connectivity index (χ0) is 13.3. The highest BCUT2D eigenvalue weighted by atomic mass is 16.4. The Hall–Kier alpha value is -2.29. The molecule has 0 saturated carbocycles. The first kappa shape index (κ1) is 12.2. The van der Waals surface area contributed by atoms with E-state index >= 15 is 0 Å². The maximum atomic E-state index is 11.1. The zero-order valence-corrected chi connectivity index (χ0v) is 10.4. The number of hydrogen-bond acceptors (Lipinski definition) is 2. The summed E-state index contributed by atoms with van der Waals surface area (Å²) in [5, 5.41) is 9.07. The summed E-state index contributed by atoms with van der Waals surface area (Å²) >= 11 is 0. The van der Waals surface area contributed by atoms with Crippen molar-refractivity contribution < 1.29 is 9.90 Å². The monoisotopic (exact) mass is 241 g/mol. The Balaban J connectivity index is 2.64. The van der Waals surface area contributed by atoms with Crippen LogP contribution < -0.4 is 5.73 Å². The third kappa shape index (κ3) is 2.07. The van der Waals surface area contributed by atoms with E-state index in [1.165, 1.54) is 11.6 Å². The molecule has 3 heteroatoms. The average molecular weight is 241 g/mol. The van der Waals surface area contributed by atoms with Gasteiger partial charge in [-0.2, -0.15) is 0 Å². The Morgan fingerprint density at radius 2 is 1.83 bits per heavy atom. The van der Waals surface area contributed by atoms with E-state index in [9.17, 15) is 4.79 Å². The quantitative estimate of drug-likeness (QED) is 0.793. The lowest BCUT2D eigenvalue weighted by atomic mass is 9.95. The van der Waals surface area contributed by atoms with Crippen molar-refractivity contribution in [2.24, 2.45) is 0 Å². The Labute approximate surface area is 106 Å². The number of rotatable bonds is 2. The summed E-state index contributed by atoms with van der Waals surface area (Å²) in [6, 6.07) is 11.1. The van der Waals surface area contributed by atoms with Gasteiger partial charge in [0, 0.05) is 5.56 Å². The molecule has 0 aliphatic heterocycles. The van der Waals surface area contributed by atoms with E-state index in [-0.39, 0.29) is 5.56 Å². The second kappa shape index (κ2) is 4.53. The first-order chi connectivity index (χ1) is 8.50. The fourth-order valence-electron chi connectivity index (χ4n) is 2.10. The molecule has 18 heavy (non-hydrogen) atoms. The van der Waals surface area contributed by atoms with Crippen LogP contribution in [0.25, 0.3) is 11.1 Å². The second-order valence-corrected chi connectivity index (χ2v) is 4.39. The van der Waals surface area contributed by atoms with Crippen LogP contribution in [0.3, 0.4) is 0 Å². The van der Waals surface area contributed by atoms with Crippen molar-refractivity contribution in [3.05, 3.63) is 53.1 Å². The Bertz CT molecular complexity index is 618.